The van der Waals surface area contributed by atoms with Gasteiger partial charge < -0.3 is 10.6 Å². The highest BCUT2D eigenvalue weighted by atomic mass is 19.1. The number of hydrogen-bond donors (Lipinski definition) is 1. The molecular formula is C15H16FN3O. The van der Waals surface area contributed by atoms with Crippen molar-refractivity contribution >= 4 is 17.4 Å². The zero-order valence-electron chi connectivity index (χ0n) is 11.4. The number of carbonyl (C=O) groups is 1. The van der Waals surface area contributed by atoms with E-state index < -0.39 is 0 Å². The van der Waals surface area contributed by atoms with E-state index >= 15 is 0 Å². The molecular weight excluding hydrogens is 257 g/mol. The van der Waals surface area contributed by atoms with Crippen molar-refractivity contribution in [1.82, 2.24) is 4.98 Å². The van der Waals surface area contributed by atoms with Crippen molar-refractivity contribution in [3.63, 3.8) is 0 Å². The van der Waals surface area contributed by atoms with Crippen LogP contribution < -0.4 is 10.6 Å². The highest BCUT2D eigenvalue weighted by Gasteiger charge is 2.17. The van der Waals surface area contributed by atoms with Crippen molar-refractivity contribution < 1.29 is 9.18 Å². The molecule has 4 nitrogen and oxygen atoms in total. The fraction of sp³-hybridized carbons (Fsp3) is 0.200. The number of nitrogens with zero attached hydrogens (tertiary/aromatic N) is 2. The average molecular weight is 273 g/mol. The molecule has 1 aromatic carbocycles. The van der Waals surface area contributed by atoms with E-state index in [1.54, 1.807) is 36.1 Å². The molecule has 1 heterocycles. The van der Waals surface area contributed by atoms with Crippen molar-refractivity contribution in [3.05, 3.63) is 53.5 Å². The molecule has 0 aliphatic carbocycles. The molecule has 0 saturated heterocycles. The summed E-state index contributed by atoms with van der Waals surface area (Å²) in [6.45, 7) is 4.12. The lowest BCUT2D eigenvalue weighted by Crippen LogP contribution is -2.30. The number of amides is 1. The van der Waals surface area contributed by atoms with Gasteiger partial charge in [0.25, 0.3) is 5.91 Å². The van der Waals surface area contributed by atoms with Gasteiger partial charge in [-0.05, 0) is 50.2 Å². The summed E-state index contributed by atoms with van der Waals surface area (Å²) in [5, 5.41) is 0. The van der Waals surface area contributed by atoms with E-state index in [2.05, 4.69) is 4.98 Å². The van der Waals surface area contributed by atoms with Gasteiger partial charge in [-0.25, -0.2) is 9.37 Å². The van der Waals surface area contributed by atoms with Gasteiger partial charge in [-0.3, -0.25) is 4.79 Å². The lowest BCUT2D eigenvalue weighted by molar-refractivity contribution is 0.0988. The van der Waals surface area contributed by atoms with Crippen LogP contribution in [0.5, 0.6) is 0 Å². The summed E-state index contributed by atoms with van der Waals surface area (Å²) in [5.41, 5.74) is 7.47. The van der Waals surface area contributed by atoms with Gasteiger partial charge in [0.1, 0.15) is 11.6 Å². The molecule has 0 atom stereocenters. The van der Waals surface area contributed by atoms with Gasteiger partial charge in [-0.2, -0.15) is 0 Å². The fourth-order valence-corrected chi connectivity index (χ4v) is 2.04. The van der Waals surface area contributed by atoms with Gasteiger partial charge >= 0.3 is 0 Å². The van der Waals surface area contributed by atoms with Crippen LogP contribution in [0.4, 0.5) is 15.9 Å². The Kier molecular flexibility index (Phi) is 3.98. The molecule has 0 aliphatic heterocycles. The van der Waals surface area contributed by atoms with E-state index in [9.17, 15) is 9.18 Å². The molecule has 1 amide bonds. The third-order valence-corrected chi connectivity index (χ3v) is 2.92. The molecule has 2 rings (SSSR count). The highest BCUT2D eigenvalue weighted by Crippen LogP contribution is 2.18. The maximum Gasteiger partial charge on any atom is 0.258 e. The Morgan fingerprint density at radius 3 is 2.50 bits per heavy atom. The van der Waals surface area contributed by atoms with Gasteiger partial charge in [0.2, 0.25) is 0 Å². The smallest absolute Gasteiger partial charge is 0.258 e. The number of anilines is 2. The van der Waals surface area contributed by atoms with Crippen LogP contribution in [0.3, 0.4) is 0 Å². The number of carbonyl (C=O) groups excluding carboxylic acids is 1. The summed E-state index contributed by atoms with van der Waals surface area (Å²) in [5.74, 6) is -0.207. The largest absolute Gasteiger partial charge is 0.384 e. The molecule has 2 N–H and O–H groups in total. The summed E-state index contributed by atoms with van der Waals surface area (Å²) >= 11 is 0. The first-order valence-electron chi connectivity index (χ1n) is 6.33. The normalized spacial score (nSPS) is 10.3. The Bertz CT molecular complexity index is 605. The summed E-state index contributed by atoms with van der Waals surface area (Å²) in [6.07, 6.45) is 0. The number of nitrogens with two attached hydrogens (primary N) is 1. The minimum Gasteiger partial charge on any atom is -0.384 e. The Labute approximate surface area is 117 Å². The highest BCUT2D eigenvalue weighted by molar-refractivity contribution is 6.06. The van der Waals surface area contributed by atoms with Crippen LogP contribution in [0, 0.1) is 12.7 Å². The molecule has 0 fully saturated rings. The molecule has 0 unspecified atom stereocenters. The molecule has 0 bridgehead atoms. The van der Waals surface area contributed by atoms with Gasteiger partial charge in [-0.1, -0.05) is 0 Å². The zero-order valence-corrected chi connectivity index (χ0v) is 11.4. The van der Waals surface area contributed by atoms with E-state index in [1.807, 2.05) is 6.92 Å². The third-order valence-electron chi connectivity index (χ3n) is 2.92. The van der Waals surface area contributed by atoms with Crippen molar-refractivity contribution in [3.8, 4) is 0 Å². The van der Waals surface area contributed by atoms with E-state index in [4.69, 9.17) is 5.73 Å². The maximum atomic E-state index is 13.0. The standard InChI is InChI=1S/C15H16FN3O/c1-3-19(13-6-4-12(16)5-7-13)15(20)11-8-10(2)18-14(17)9-11/h4-9H,3H2,1-2H3,(H2,17,18). The van der Waals surface area contributed by atoms with Gasteiger partial charge in [0.05, 0.1) is 0 Å². The first-order chi connectivity index (χ1) is 9.51. The van der Waals surface area contributed by atoms with Crippen molar-refractivity contribution in [1.29, 1.82) is 0 Å². The number of benzene rings is 1. The Morgan fingerprint density at radius 1 is 1.30 bits per heavy atom. The Hall–Kier alpha value is -2.43. The number of rotatable bonds is 3. The average Bonchev–Trinajstić information content (AvgIpc) is 2.40. The molecule has 1 aromatic heterocycles. The van der Waals surface area contributed by atoms with Crippen LogP contribution in [0.15, 0.2) is 36.4 Å². The van der Waals surface area contributed by atoms with Crippen LogP contribution in [-0.2, 0) is 0 Å². The van der Waals surface area contributed by atoms with Crippen molar-refractivity contribution in [2.45, 2.75) is 13.8 Å². The van der Waals surface area contributed by atoms with Crippen molar-refractivity contribution in [2.24, 2.45) is 0 Å². The second kappa shape index (κ2) is 5.69. The van der Waals surface area contributed by atoms with E-state index in [0.29, 0.717) is 29.3 Å². The molecule has 104 valence electrons. The third kappa shape index (κ3) is 2.93. The maximum absolute atomic E-state index is 13.0. The SMILES string of the molecule is CCN(C(=O)c1cc(C)nc(N)c1)c1ccc(F)cc1. The summed E-state index contributed by atoms with van der Waals surface area (Å²) < 4.78 is 13.0. The number of aromatic nitrogens is 1. The predicted octanol–water partition coefficient (Wildman–Crippen LogP) is 2.78. The van der Waals surface area contributed by atoms with E-state index in [1.165, 1.54) is 12.1 Å². The second-order valence-electron chi connectivity index (χ2n) is 4.45. The number of nitrogen functional groups attached to an aromatic ring is 1. The molecule has 0 radical (unpaired) electrons. The van der Waals surface area contributed by atoms with Gasteiger partial charge in [0.15, 0.2) is 0 Å². The second-order valence-corrected chi connectivity index (χ2v) is 4.45. The topological polar surface area (TPSA) is 59.2 Å². The monoisotopic (exact) mass is 273 g/mol. The van der Waals surface area contributed by atoms with Crippen LogP contribution >= 0.6 is 0 Å². The number of hydrogen-bond acceptors (Lipinski definition) is 3. The van der Waals surface area contributed by atoms with E-state index in [-0.39, 0.29) is 11.7 Å². The molecule has 0 spiro atoms. The van der Waals surface area contributed by atoms with Crippen LogP contribution in [-0.4, -0.2) is 17.4 Å². The zero-order chi connectivity index (χ0) is 14.7. The van der Waals surface area contributed by atoms with Crippen LogP contribution in [0.2, 0.25) is 0 Å². The first-order valence-corrected chi connectivity index (χ1v) is 6.33. The van der Waals surface area contributed by atoms with Crippen LogP contribution in [0.1, 0.15) is 23.0 Å². The van der Waals surface area contributed by atoms with Crippen molar-refractivity contribution in [2.75, 3.05) is 17.2 Å². The summed E-state index contributed by atoms with van der Waals surface area (Å²) in [6, 6.07) is 9.05. The van der Waals surface area contributed by atoms with Crippen LogP contribution in [0.25, 0.3) is 0 Å². The lowest BCUT2D eigenvalue weighted by atomic mass is 10.1. The predicted molar refractivity (Wildman–Crippen MR) is 77.1 cm³/mol. The number of halogens is 1. The number of pyridine rings is 1. The summed E-state index contributed by atoms with van der Waals surface area (Å²) in [4.78, 5) is 18.1. The van der Waals surface area contributed by atoms with Gasteiger partial charge in [0, 0.05) is 23.5 Å². The molecule has 0 aliphatic rings. The Morgan fingerprint density at radius 2 is 1.95 bits per heavy atom. The molecule has 5 heteroatoms. The van der Waals surface area contributed by atoms with E-state index in [0.717, 1.165) is 0 Å². The fourth-order valence-electron chi connectivity index (χ4n) is 2.04. The minimum absolute atomic E-state index is 0.184. The first kappa shape index (κ1) is 14.0. The minimum atomic E-state index is -0.332. The lowest BCUT2D eigenvalue weighted by Gasteiger charge is -2.21. The van der Waals surface area contributed by atoms with Gasteiger partial charge in [-0.15, -0.1) is 0 Å². The molecule has 0 saturated carbocycles. The quantitative estimate of drug-likeness (QED) is 0.935. The molecule has 20 heavy (non-hydrogen) atoms. The summed E-state index contributed by atoms with van der Waals surface area (Å²) in [7, 11) is 0. The Balaban J connectivity index is 2.36. The number of aryl methyl sites for hydroxylation is 1. The molecule has 2 aromatic rings.